The average Bonchev–Trinajstić information content (AvgIpc) is 4.11. The molecule has 6 amide bonds. The minimum atomic E-state index is -3.84. The predicted molar refractivity (Wildman–Crippen MR) is 288 cm³/mol. The van der Waals surface area contributed by atoms with Gasteiger partial charge in [0, 0.05) is 25.7 Å². The van der Waals surface area contributed by atoms with Gasteiger partial charge < -0.3 is 20.8 Å². The van der Waals surface area contributed by atoms with Gasteiger partial charge in [0.1, 0.15) is 12.1 Å². The molecule has 0 radical (unpaired) electrons. The summed E-state index contributed by atoms with van der Waals surface area (Å²) in [6, 6.07) is 22.5. The number of carbonyl (C=O) groups is 8. The van der Waals surface area contributed by atoms with E-state index < -0.39 is 97.5 Å². The van der Waals surface area contributed by atoms with Crippen LogP contribution in [0.2, 0.25) is 0 Å². The molecule has 0 aromatic heterocycles. The fraction of sp³-hybridized carbons (Fsp3) is 0.382. The van der Waals surface area contributed by atoms with Crippen molar-refractivity contribution < 1.29 is 65.4 Å². The Morgan fingerprint density at radius 3 is 1.33 bits per heavy atom. The molecule has 23 heteroatoms. The fourth-order valence-corrected chi connectivity index (χ4v) is 11.9. The summed E-state index contributed by atoms with van der Waals surface area (Å²) in [7, 11) is -7.03. The maximum Gasteiger partial charge on any atom is 0.320 e. The molecule has 1 fully saturated rings. The maximum atomic E-state index is 13.1. The zero-order chi connectivity index (χ0) is 56.8. The molecule has 5 atom stereocenters. The van der Waals surface area contributed by atoms with Gasteiger partial charge in [-0.05, 0) is 107 Å². The number of imide groups is 2. The van der Waals surface area contributed by atoms with Gasteiger partial charge in [-0.2, -0.15) is 0 Å². The van der Waals surface area contributed by atoms with Gasteiger partial charge in [-0.15, -0.1) is 0 Å². The summed E-state index contributed by atoms with van der Waals surface area (Å²) >= 11 is 0. The number of sulfone groups is 1. The smallest absolute Gasteiger partial charge is 0.320 e. The van der Waals surface area contributed by atoms with E-state index in [1.807, 2.05) is 76.2 Å². The molecular formula is C55H63N7O14S2. The molecule has 1 unspecified atom stereocenters. The number of nitrogens with one attached hydrogen (secondary N) is 4. The highest BCUT2D eigenvalue weighted by Crippen LogP contribution is 2.30. The molecule has 0 spiro atoms. The molecule has 78 heavy (non-hydrogen) atoms. The molecule has 5 aromatic rings. The Morgan fingerprint density at radius 1 is 0.615 bits per heavy atom. The number of fused-ring (bicyclic) bond motifs is 4. The first-order valence-corrected chi connectivity index (χ1v) is 28.8. The van der Waals surface area contributed by atoms with Crippen molar-refractivity contribution in [3.05, 3.63) is 125 Å². The number of rotatable bonds is 22. The molecular weight excluding hydrogens is 1050 g/mol. The van der Waals surface area contributed by atoms with E-state index in [0.29, 0.717) is 24.8 Å². The van der Waals surface area contributed by atoms with Crippen LogP contribution >= 0.6 is 0 Å². The highest BCUT2D eigenvalue weighted by molar-refractivity contribution is 7.91. The number of benzene rings is 5. The lowest BCUT2D eigenvalue weighted by Crippen LogP contribution is -2.54. The lowest BCUT2D eigenvalue weighted by Gasteiger charge is -2.26. The van der Waals surface area contributed by atoms with E-state index in [1.165, 1.54) is 24.3 Å². The van der Waals surface area contributed by atoms with Gasteiger partial charge in [0.05, 0.1) is 50.7 Å². The number of nitrogens with zero attached hydrogens (tertiary/aromatic N) is 2. The second kappa shape index (κ2) is 24.5. The summed E-state index contributed by atoms with van der Waals surface area (Å²) in [4.78, 5) is 104. The van der Waals surface area contributed by atoms with Gasteiger partial charge >= 0.3 is 11.9 Å². The first-order valence-electron chi connectivity index (χ1n) is 25.5. The molecule has 8 rings (SSSR count). The van der Waals surface area contributed by atoms with Crippen LogP contribution < -0.4 is 26.4 Å². The van der Waals surface area contributed by atoms with E-state index >= 15 is 0 Å². The molecule has 1 saturated heterocycles. The predicted octanol–water partition coefficient (Wildman–Crippen LogP) is 3.83. The van der Waals surface area contributed by atoms with Gasteiger partial charge in [0.2, 0.25) is 21.8 Å². The van der Waals surface area contributed by atoms with Gasteiger partial charge in [-0.3, -0.25) is 58.8 Å². The third-order valence-corrected chi connectivity index (χ3v) is 16.4. The monoisotopic (exact) mass is 1110 g/mol. The Balaban J connectivity index is 0.000000227. The number of primary sulfonamides is 1. The third kappa shape index (κ3) is 14.2. The van der Waals surface area contributed by atoms with E-state index in [2.05, 4.69) is 21.3 Å². The maximum absolute atomic E-state index is 13.1. The number of carboxylic acid groups (broad SMARTS) is 2. The average molecular weight is 1110 g/mol. The second-order valence-electron chi connectivity index (χ2n) is 20.6. The Labute approximate surface area is 451 Å². The van der Waals surface area contributed by atoms with Crippen LogP contribution in [0.3, 0.4) is 0 Å². The first kappa shape index (κ1) is 58.2. The SMILES string of the molecule is CC(C)C[C@H](N[C@H](CCN1C(=O)c2cc3ccccc3cc2C1=O)C(=O)O)C(=O)NC1CCS(=O)(=O)C1.CC(C)C[C@H](N[C@H](CCN1C(=O)c2cc3ccccc3cc2C1=O)C(=O)O)C(=O)NCc1ccc(S(N)(=O)=O)cc1. The van der Waals surface area contributed by atoms with Crippen molar-refractivity contribution in [3.63, 3.8) is 0 Å². The van der Waals surface area contributed by atoms with Crippen LogP contribution in [0.4, 0.5) is 0 Å². The van der Waals surface area contributed by atoms with Gasteiger partial charge in [0.25, 0.3) is 23.6 Å². The molecule has 3 heterocycles. The van der Waals surface area contributed by atoms with Crippen molar-refractivity contribution in [2.24, 2.45) is 17.0 Å². The van der Waals surface area contributed by atoms with Gasteiger partial charge in [0.15, 0.2) is 9.84 Å². The summed E-state index contributed by atoms with van der Waals surface area (Å²) in [5.41, 5.74) is 1.76. The van der Waals surface area contributed by atoms with Gasteiger partial charge in [-0.1, -0.05) is 88.4 Å². The summed E-state index contributed by atoms with van der Waals surface area (Å²) in [5.74, 6) is -5.28. The normalized spacial score (nSPS) is 17.4. The number of hydrogen-bond acceptors (Lipinski definition) is 14. The van der Waals surface area contributed by atoms with E-state index in [0.717, 1.165) is 31.3 Å². The Bertz CT molecular complexity index is 3300. The summed E-state index contributed by atoms with van der Waals surface area (Å²) in [6.45, 7) is 7.38. The Kier molecular flexibility index (Phi) is 18.3. The molecule has 0 saturated carbocycles. The number of carbonyl (C=O) groups excluding carboxylic acids is 6. The van der Waals surface area contributed by atoms with Crippen LogP contribution in [0.25, 0.3) is 21.5 Å². The van der Waals surface area contributed by atoms with E-state index in [-0.39, 0.29) is 83.0 Å². The van der Waals surface area contributed by atoms with E-state index in [9.17, 15) is 65.4 Å². The summed E-state index contributed by atoms with van der Waals surface area (Å²) in [5, 5.41) is 39.4. The van der Waals surface area contributed by atoms with Crippen LogP contribution in [0.1, 0.15) is 107 Å². The fourth-order valence-electron chi connectivity index (χ4n) is 9.68. The highest BCUT2D eigenvalue weighted by Gasteiger charge is 2.39. The third-order valence-electron chi connectivity index (χ3n) is 13.7. The first-order chi connectivity index (χ1) is 36.8. The quantitative estimate of drug-likeness (QED) is 0.0484. The topological polar surface area (TPSA) is 326 Å². The van der Waals surface area contributed by atoms with E-state index in [1.54, 1.807) is 24.3 Å². The number of carboxylic acids is 2. The molecule has 3 aliphatic rings. The zero-order valence-corrected chi connectivity index (χ0v) is 45.1. The summed E-state index contributed by atoms with van der Waals surface area (Å²) in [6.07, 6.45) is 0.783. The van der Waals surface area contributed by atoms with Crippen molar-refractivity contribution in [1.29, 1.82) is 0 Å². The molecule has 21 nitrogen and oxygen atoms in total. The highest BCUT2D eigenvalue weighted by atomic mass is 32.2. The Morgan fingerprint density at radius 2 is 1.00 bits per heavy atom. The minimum absolute atomic E-state index is 0.00775. The lowest BCUT2D eigenvalue weighted by molar-refractivity contribution is -0.141. The molecule has 8 N–H and O–H groups in total. The number of nitrogens with two attached hydrogens (primary N) is 1. The number of amides is 6. The van der Waals surface area contributed by atoms with Crippen molar-refractivity contribution in [1.82, 2.24) is 31.1 Å². The number of aliphatic carboxylic acids is 2. The minimum Gasteiger partial charge on any atom is -0.480 e. The lowest BCUT2D eigenvalue weighted by atomic mass is 10.0. The van der Waals surface area contributed by atoms with Crippen LogP contribution in [0, 0.1) is 11.8 Å². The zero-order valence-electron chi connectivity index (χ0n) is 43.4. The van der Waals surface area contributed by atoms with E-state index in [4.69, 9.17) is 5.14 Å². The molecule has 414 valence electrons. The van der Waals surface area contributed by atoms with Crippen LogP contribution in [-0.4, -0.2) is 139 Å². The van der Waals surface area contributed by atoms with Crippen molar-refractivity contribution >= 4 is 88.8 Å². The van der Waals surface area contributed by atoms with Gasteiger partial charge in [-0.25, -0.2) is 22.0 Å². The van der Waals surface area contributed by atoms with Crippen molar-refractivity contribution in [3.8, 4) is 0 Å². The standard InChI is InChI=1S/C29H32N4O7S.C26H31N3O7S/c1-17(2)13-25(26(34)31-16-18-7-9-21(10-8-18)41(30,39)40)32-24(29(37)38)11-12-33-27(35)22-14-19-5-3-4-6-20(19)15-23(22)28(33)36;1-15(2)11-22(23(30)27-18-8-10-37(35,36)14-18)28-21(26(33)34)7-9-29-24(31)19-12-16-5-3-4-6-17(16)13-20(19)25(29)32/h3-10,14-15,17,24-25,32H,11-13,16H2,1-2H3,(H,31,34)(H,37,38)(H2,30,39,40);3-6,12-13,15,18,21-22,28H,7-11,14H2,1-2H3,(H,27,30)(H,33,34)/t24-,25+;18?,21-,22+/m11/s1. The van der Waals surface area contributed by atoms with Crippen molar-refractivity contribution in [2.45, 2.75) is 101 Å². The second-order valence-corrected chi connectivity index (χ2v) is 24.4. The largest absolute Gasteiger partial charge is 0.480 e. The Hall–Kier alpha value is -7.44. The van der Waals surface area contributed by atoms with Crippen LogP contribution in [0.5, 0.6) is 0 Å². The van der Waals surface area contributed by atoms with Crippen LogP contribution in [0.15, 0.2) is 102 Å². The van der Waals surface area contributed by atoms with Crippen molar-refractivity contribution in [2.75, 3.05) is 24.6 Å². The molecule has 0 bridgehead atoms. The molecule has 5 aromatic carbocycles. The summed E-state index contributed by atoms with van der Waals surface area (Å²) < 4.78 is 46.4. The number of sulfonamides is 1. The molecule has 3 aliphatic heterocycles. The van der Waals surface area contributed by atoms with Crippen LogP contribution in [-0.2, 0) is 45.6 Å². The molecule has 0 aliphatic carbocycles. The number of hydrogen-bond donors (Lipinski definition) is 7.